The Morgan fingerprint density at radius 3 is 2.70 bits per heavy atom. The molecule has 1 saturated heterocycles. The molecule has 108 valence electrons. The summed E-state index contributed by atoms with van der Waals surface area (Å²) < 4.78 is 13.2. The highest BCUT2D eigenvalue weighted by atomic mass is 19.1. The first-order valence-corrected chi connectivity index (χ1v) is 6.12. The smallest absolute Gasteiger partial charge is 0.326 e. The summed E-state index contributed by atoms with van der Waals surface area (Å²) in [6, 6.07) is 2.30. The molecule has 0 spiro atoms. The first kappa shape index (κ1) is 14.3. The van der Waals surface area contributed by atoms with Gasteiger partial charge in [-0.15, -0.1) is 0 Å². The van der Waals surface area contributed by atoms with E-state index in [0.29, 0.717) is 5.56 Å². The van der Waals surface area contributed by atoms with Crippen molar-refractivity contribution in [2.24, 2.45) is 0 Å². The maximum absolute atomic E-state index is 13.2. The molecule has 6 nitrogen and oxygen atoms in total. The highest BCUT2D eigenvalue weighted by molar-refractivity contribution is 5.92. The van der Waals surface area contributed by atoms with Crippen molar-refractivity contribution in [1.29, 1.82) is 0 Å². The normalized spacial score (nSPS) is 21.9. The molecule has 2 atom stereocenters. The van der Waals surface area contributed by atoms with E-state index in [1.54, 1.807) is 13.0 Å². The number of likely N-dealkylation sites (tertiary alicyclic amines) is 1. The molecular weight excluding hydrogens is 267 g/mol. The number of nitrogens with one attached hydrogen (secondary N) is 1. The topological polar surface area (TPSA) is 89.9 Å². The van der Waals surface area contributed by atoms with Gasteiger partial charge in [0.2, 0.25) is 0 Å². The minimum absolute atomic E-state index is 0.00900. The van der Waals surface area contributed by atoms with Crippen LogP contribution >= 0.6 is 0 Å². The van der Waals surface area contributed by atoms with E-state index in [-0.39, 0.29) is 18.7 Å². The van der Waals surface area contributed by atoms with Gasteiger partial charge in [-0.25, -0.2) is 14.0 Å². The molecule has 0 saturated carbocycles. The number of hydrogen-bond donors (Lipinski definition) is 3. The number of aliphatic carboxylic acids is 1. The van der Waals surface area contributed by atoms with Crippen LogP contribution in [0.4, 0.5) is 14.9 Å². The Bertz CT molecular complexity index is 529. The summed E-state index contributed by atoms with van der Waals surface area (Å²) in [7, 11) is 0. The predicted molar refractivity (Wildman–Crippen MR) is 68.9 cm³/mol. The number of nitrogens with zero attached hydrogens (tertiary/aromatic N) is 1. The van der Waals surface area contributed by atoms with Gasteiger partial charge < -0.3 is 20.4 Å². The van der Waals surface area contributed by atoms with Gasteiger partial charge in [0.15, 0.2) is 0 Å². The van der Waals surface area contributed by atoms with Crippen molar-refractivity contribution in [3.8, 4) is 0 Å². The standard InChI is InChI=1S/C13H15FN2O4/c1-7-2-8(14)4-9(3-7)15-13(20)16-6-10(17)5-11(16)12(18)19/h2-4,10-11,17H,5-6H2,1H3,(H,15,20)(H,18,19)/t10-,11-/m0/s1. The minimum atomic E-state index is -1.17. The van der Waals surface area contributed by atoms with Crippen molar-refractivity contribution in [3.63, 3.8) is 0 Å². The number of β-amino-alcohol motifs (C(OH)–C–C–N with tert-alkyl or cyclic N) is 1. The second kappa shape index (κ2) is 5.46. The van der Waals surface area contributed by atoms with Crippen LogP contribution in [-0.2, 0) is 4.79 Å². The molecule has 1 aromatic carbocycles. The molecule has 1 aliphatic heterocycles. The van der Waals surface area contributed by atoms with E-state index in [2.05, 4.69) is 5.32 Å². The van der Waals surface area contributed by atoms with Crippen molar-refractivity contribution in [3.05, 3.63) is 29.6 Å². The number of carbonyl (C=O) groups is 2. The van der Waals surface area contributed by atoms with Crippen LogP contribution in [0.2, 0.25) is 0 Å². The lowest BCUT2D eigenvalue weighted by atomic mass is 10.2. The zero-order valence-corrected chi connectivity index (χ0v) is 10.8. The van der Waals surface area contributed by atoms with Crippen molar-refractivity contribution in [1.82, 2.24) is 4.90 Å². The van der Waals surface area contributed by atoms with E-state index in [0.717, 1.165) is 11.0 Å². The van der Waals surface area contributed by atoms with Gasteiger partial charge in [-0.2, -0.15) is 0 Å². The van der Waals surface area contributed by atoms with Crippen LogP contribution < -0.4 is 5.32 Å². The number of amides is 2. The van der Waals surface area contributed by atoms with Gasteiger partial charge in [0.25, 0.3) is 0 Å². The molecule has 1 aromatic rings. The van der Waals surface area contributed by atoms with Crippen molar-refractivity contribution < 1.29 is 24.2 Å². The van der Waals surface area contributed by atoms with Crippen molar-refractivity contribution in [2.45, 2.75) is 25.5 Å². The van der Waals surface area contributed by atoms with E-state index in [4.69, 9.17) is 5.11 Å². The number of carboxylic acids is 1. The SMILES string of the molecule is Cc1cc(F)cc(NC(=O)N2C[C@@H](O)C[C@H]2C(=O)O)c1. The van der Waals surface area contributed by atoms with Crippen LogP contribution in [0.5, 0.6) is 0 Å². The largest absolute Gasteiger partial charge is 0.480 e. The Morgan fingerprint density at radius 2 is 2.10 bits per heavy atom. The molecule has 0 radical (unpaired) electrons. The van der Waals surface area contributed by atoms with Crippen molar-refractivity contribution in [2.75, 3.05) is 11.9 Å². The third kappa shape index (κ3) is 3.05. The average Bonchev–Trinajstić information content (AvgIpc) is 2.70. The average molecular weight is 282 g/mol. The highest BCUT2D eigenvalue weighted by Gasteiger charge is 2.39. The molecule has 1 fully saturated rings. The van der Waals surface area contributed by atoms with Crippen LogP contribution in [-0.4, -0.2) is 45.8 Å². The van der Waals surface area contributed by atoms with Crippen molar-refractivity contribution >= 4 is 17.7 Å². The molecule has 0 aliphatic carbocycles. The lowest BCUT2D eigenvalue weighted by Gasteiger charge is -2.21. The Hall–Kier alpha value is -2.15. The summed E-state index contributed by atoms with van der Waals surface area (Å²) in [6.45, 7) is 1.62. The number of carboxylic acid groups (broad SMARTS) is 1. The predicted octanol–water partition coefficient (Wildman–Crippen LogP) is 1.19. The van der Waals surface area contributed by atoms with Crippen LogP contribution in [0.15, 0.2) is 18.2 Å². The lowest BCUT2D eigenvalue weighted by Crippen LogP contribution is -2.43. The fourth-order valence-corrected chi connectivity index (χ4v) is 2.28. The number of benzene rings is 1. The number of urea groups is 1. The number of aliphatic hydroxyl groups is 1. The molecule has 0 bridgehead atoms. The summed E-state index contributed by atoms with van der Waals surface area (Å²) in [5.41, 5.74) is 0.884. The summed E-state index contributed by atoms with van der Waals surface area (Å²) >= 11 is 0. The molecule has 2 rings (SSSR count). The molecule has 7 heteroatoms. The van der Waals surface area contributed by atoms with Gasteiger partial charge >= 0.3 is 12.0 Å². The van der Waals surface area contributed by atoms with Crippen LogP contribution in [0.25, 0.3) is 0 Å². The van der Waals surface area contributed by atoms with E-state index < -0.39 is 30.0 Å². The number of hydrogen-bond acceptors (Lipinski definition) is 3. The van der Waals surface area contributed by atoms with E-state index in [1.807, 2.05) is 0 Å². The fraction of sp³-hybridized carbons (Fsp3) is 0.385. The second-order valence-corrected chi connectivity index (χ2v) is 4.84. The maximum Gasteiger partial charge on any atom is 0.326 e. The van der Waals surface area contributed by atoms with Gasteiger partial charge in [-0.05, 0) is 30.7 Å². The lowest BCUT2D eigenvalue weighted by molar-refractivity contribution is -0.141. The molecule has 1 aliphatic rings. The number of carbonyl (C=O) groups excluding carboxylic acids is 1. The van der Waals surface area contributed by atoms with Gasteiger partial charge in [0.1, 0.15) is 11.9 Å². The summed E-state index contributed by atoms with van der Waals surface area (Å²) in [4.78, 5) is 24.1. The Balaban J connectivity index is 2.13. The third-order valence-corrected chi connectivity index (χ3v) is 3.12. The summed E-state index contributed by atoms with van der Waals surface area (Å²) in [5.74, 6) is -1.66. The number of rotatable bonds is 2. The highest BCUT2D eigenvalue weighted by Crippen LogP contribution is 2.20. The first-order chi connectivity index (χ1) is 9.36. The van der Waals surface area contributed by atoms with E-state index in [9.17, 15) is 19.1 Å². The first-order valence-electron chi connectivity index (χ1n) is 6.12. The third-order valence-electron chi connectivity index (χ3n) is 3.12. The van der Waals surface area contributed by atoms with Crippen LogP contribution in [0, 0.1) is 12.7 Å². The van der Waals surface area contributed by atoms with Gasteiger partial charge in [-0.1, -0.05) is 0 Å². The molecule has 1 heterocycles. The second-order valence-electron chi connectivity index (χ2n) is 4.84. The Morgan fingerprint density at radius 1 is 1.40 bits per heavy atom. The number of aryl methyl sites for hydroxylation is 1. The molecule has 3 N–H and O–H groups in total. The van der Waals surface area contributed by atoms with Crippen LogP contribution in [0.1, 0.15) is 12.0 Å². The fourth-order valence-electron chi connectivity index (χ4n) is 2.28. The van der Waals surface area contributed by atoms with Gasteiger partial charge in [-0.3, -0.25) is 0 Å². The molecule has 0 unspecified atom stereocenters. The Kier molecular flexibility index (Phi) is 3.89. The maximum atomic E-state index is 13.2. The minimum Gasteiger partial charge on any atom is -0.480 e. The Labute approximate surface area is 114 Å². The van der Waals surface area contributed by atoms with Gasteiger partial charge in [0.05, 0.1) is 6.10 Å². The summed E-state index contributed by atoms with van der Waals surface area (Å²) in [5, 5.41) is 20.9. The number of aliphatic hydroxyl groups excluding tert-OH is 1. The molecule has 20 heavy (non-hydrogen) atoms. The molecular formula is C13H15FN2O4. The monoisotopic (exact) mass is 282 g/mol. The summed E-state index contributed by atoms with van der Waals surface area (Å²) in [6.07, 6.45) is -0.874. The molecule has 0 aromatic heterocycles. The number of halogens is 1. The van der Waals surface area contributed by atoms with E-state index in [1.165, 1.54) is 6.07 Å². The quantitative estimate of drug-likeness (QED) is 0.760. The molecule has 2 amide bonds. The van der Waals surface area contributed by atoms with Crippen LogP contribution in [0.3, 0.4) is 0 Å². The zero-order valence-electron chi connectivity index (χ0n) is 10.8. The van der Waals surface area contributed by atoms with E-state index >= 15 is 0 Å². The number of anilines is 1. The van der Waals surface area contributed by atoms with Gasteiger partial charge in [0, 0.05) is 18.7 Å². The zero-order chi connectivity index (χ0) is 14.9.